The molecule has 0 radical (unpaired) electrons. The maximum Gasteiger partial charge on any atom is 0.239 e. The van der Waals surface area contributed by atoms with Crippen LogP contribution in [0.2, 0.25) is 0 Å². The van der Waals surface area contributed by atoms with Gasteiger partial charge in [0.15, 0.2) is 17.5 Å². The van der Waals surface area contributed by atoms with E-state index in [1.54, 1.807) is 0 Å². The van der Waals surface area contributed by atoms with Crippen LogP contribution >= 0.6 is 11.3 Å². The van der Waals surface area contributed by atoms with E-state index in [9.17, 15) is 18.0 Å². The first-order valence-electron chi connectivity index (χ1n) is 5.68. The van der Waals surface area contributed by atoms with Crippen LogP contribution in [0.25, 0.3) is 0 Å². The molecular weight excluding hydrogens is 289 g/mol. The molecule has 106 valence electrons. The monoisotopic (exact) mass is 300 g/mol. The molecule has 0 bridgehead atoms. The van der Waals surface area contributed by atoms with Crippen molar-refractivity contribution in [2.24, 2.45) is 5.73 Å². The van der Waals surface area contributed by atoms with E-state index >= 15 is 0 Å². The maximum atomic E-state index is 13.2. The number of carbonyl (C=O) groups excluding carboxylic acids is 1. The zero-order valence-electron chi connectivity index (χ0n) is 10.2. The van der Waals surface area contributed by atoms with Gasteiger partial charge in [-0.1, -0.05) is 6.07 Å². The van der Waals surface area contributed by atoms with Gasteiger partial charge in [0.2, 0.25) is 5.91 Å². The van der Waals surface area contributed by atoms with Crippen LogP contribution in [0.4, 0.5) is 13.2 Å². The van der Waals surface area contributed by atoms with Crippen molar-refractivity contribution >= 4 is 17.2 Å². The number of benzene rings is 1. The van der Waals surface area contributed by atoms with Gasteiger partial charge >= 0.3 is 0 Å². The lowest BCUT2D eigenvalue weighted by molar-refractivity contribution is -0.120. The lowest BCUT2D eigenvalue weighted by Crippen LogP contribution is -2.33. The van der Waals surface area contributed by atoms with E-state index in [4.69, 9.17) is 5.73 Å². The van der Waals surface area contributed by atoms with E-state index in [1.807, 2.05) is 17.5 Å². The van der Waals surface area contributed by atoms with E-state index in [-0.39, 0.29) is 5.56 Å². The van der Waals surface area contributed by atoms with E-state index in [0.717, 1.165) is 17.0 Å². The Kier molecular flexibility index (Phi) is 4.41. The molecule has 20 heavy (non-hydrogen) atoms. The second-order valence-electron chi connectivity index (χ2n) is 4.09. The number of primary amides is 1. The Bertz CT molecular complexity index is 593. The van der Waals surface area contributed by atoms with E-state index in [0.29, 0.717) is 6.54 Å². The Morgan fingerprint density at radius 2 is 1.95 bits per heavy atom. The van der Waals surface area contributed by atoms with Gasteiger partial charge in [-0.15, -0.1) is 11.3 Å². The lowest BCUT2D eigenvalue weighted by Gasteiger charge is -2.15. The van der Waals surface area contributed by atoms with Crippen LogP contribution in [-0.4, -0.2) is 5.91 Å². The molecule has 3 N–H and O–H groups in total. The van der Waals surface area contributed by atoms with Crippen LogP contribution in [-0.2, 0) is 11.3 Å². The van der Waals surface area contributed by atoms with Crippen LogP contribution in [0.5, 0.6) is 0 Å². The molecule has 1 aromatic carbocycles. The van der Waals surface area contributed by atoms with Gasteiger partial charge < -0.3 is 5.73 Å². The van der Waals surface area contributed by atoms with Crippen molar-refractivity contribution in [3.63, 3.8) is 0 Å². The Balaban J connectivity index is 2.22. The summed E-state index contributed by atoms with van der Waals surface area (Å²) in [6, 6.07) is 4.09. The van der Waals surface area contributed by atoms with Crippen LogP contribution in [0.3, 0.4) is 0 Å². The van der Waals surface area contributed by atoms with Crippen molar-refractivity contribution < 1.29 is 18.0 Å². The van der Waals surface area contributed by atoms with Gasteiger partial charge in [0.1, 0.15) is 6.04 Å². The quantitative estimate of drug-likeness (QED) is 0.834. The Morgan fingerprint density at radius 1 is 1.30 bits per heavy atom. The zero-order valence-corrected chi connectivity index (χ0v) is 11.0. The highest BCUT2D eigenvalue weighted by molar-refractivity contribution is 7.09. The molecule has 0 aliphatic carbocycles. The van der Waals surface area contributed by atoms with Crippen LogP contribution in [0.1, 0.15) is 16.5 Å². The van der Waals surface area contributed by atoms with E-state index < -0.39 is 29.4 Å². The summed E-state index contributed by atoms with van der Waals surface area (Å²) >= 11 is 1.46. The molecule has 7 heteroatoms. The van der Waals surface area contributed by atoms with E-state index in [1.165, 1.54) is 11.3 Å². The summed E-state index contributed by atoms with van der Waals surface area (Å²) in [6.45, 7) is 0.311. The van der Waals surface area contributed by atoms with Crippen LogP contribution in [0.15, 0.2) is 29.6 Å². The van der Waals surface area contributed by atoms with Gasteiger partial charge in [-0.3, -0.25) is 10.1 Å². The normalized spacial score (nSPS) is 12.3. The number of nitrogens with two attached hydrogens (primary N) is 1. The highest BCUT2D eigenvalue weighted by Crippen LogP contribution is 2.20. The van der Waals surface area contributed by atoms with Crippen LogP contribution < -0.4 is 11.1 Å². The number of halogens is 3. The molecule has 0 spiro atoms. The molecule has 0 aliphatic rings. The molecule has 1 unspecified atom stereocenters. The fraction of sp³-hybridized carbons (Fsp3) is 0.154. The number of carbonyl (C=O) groups is 1. The van der Waals surface area contributed by atoms with E-state index in [2.05, 4.69) is 5.32 Å². The number of hydrogen-bond donors (Lipinski definition) is 2. The minimum Gasteiger partial charge on any atom is -0.368 e. The minimum atomic E-state index is -1.57. The summed E-state index contributed by atoms with van der Waals surface area (Å²) in [6.07, 6.45) is 0. The standard InChI is InChI=1S/C13H11F3N2OS/c14-9-4-7(5-10(15)11(9)16)12(13(17)19)18-6-8-2-1-3-20-8/h1-5,12,18H,6H2,(H2,17,19). The van der Waals surface area contributed by atoms with Gasteiger partial charge in [0.05, 0.1) is 0 Å². The SMILES string of the molecule is NC(=O)C(NCc1cccs1)c1cc(F)c(F)c(F)c1. The molecule has 1 heterocycles. The molecule has 0 aliphatic heterocycles. The second-order valence-corrected chi connectivity index (χ2v) is 5.13. The van der Waals surface area contributed by atoms with Gasteiger partial charge in [0.25, 0.3) is 0 Å². The molecule has 2 rings (SSSR count). The zero-order chi connectivity index (χ0) is 14.7. The first-order chi connectivity index (χ1) is 9.49. The van der Waals surface area contributed by atoms with Crippen molar-refractivity contribution in [1.82, 2.24) is 5.32 Å². The van der Waals surface area contributed by atoms with Crippen molar-refractivity contribution in [2.45, 2.75) is 12.6 Å². The number of amides is 1. The third-order valence-electron chi connectivity index (χ3n) is 2.68. The molecular formula is C13H11F3N2OS. The molecule has 3 nitrogen and oxygen atoms in total. The van der Waals surface area contributed by atoms with Crippen molar-refractivity contribution in [3.8, 4) is 0 Å². The van der Waals surface area contributed by atoms with Gasteiger partial charge in [-0.2, -0.15) is 0 Å². The summed E-state index contributed by atoms with van der Waals surface area (Å²) in [5, 5.41) is 4.65. The van der Waals surface area contributed by atoms with Gasteiger partial charge in [0, 0.05) is 11.4 Å². The highest BCUT2D eigenvalue weighted by atomic mass is 32.1. The summed E-state index contributed by atoms with van der Waals surface area (Å²) in [5.41, 5.74) is 5.16. The minimum absolute atomic E-state index is 0.0505. The average Bonchev–Trinajstić information content (AvgIpc) is 2.88. The lowest BCUT2D eigenvalue weighted by atomic mass is 10.1. The number of hydrogen-bond acceptors (Lipinski definition) is 3. The Labute approximate surface area is 117 Å². The molecule has 1 amide bonds. The third kappa shape index (κ3) is 3.17. The van der Waals surface area contributed by atoms with Gasteiger partial charge in [-0.25, -0.2) is 13.2 Å². The van der Waals surface area contributed by atoms with Crippen molar-refractivity contribution in [2.75, 3.05) is 0 Å². The van der Waals surface area contributed by atoms with Crippen LogP contribution in [0, 0.1) is 17.5 Å². The largest absolute Gasteiger partial charge is 0.368 e. The van der Waals surface area contributed by atoms with Gasteiger partial charge in [-0.05, 0) is 29.1 Å². The summed E-state index contributed by atoms with van der Waals surface area (Å²) in [4.78, 5) is 12.3. The molecule has 2 aromatic rings. The molecule has 0 fully saturated rings. The summed E-state index contributed by atoms with van der Waals surface area (Å²) < 4.78 is 39.3. The van der Waals surface area contributed by atoms with Crippen molar-refractivity contribution in [3.05, 3.63) is 57.5 Å². The molecule has 0 saturated heterocycles. The first-order valence-corrected chi connectivity index (χ1v) is 6.56. The second kappa shape index (κ2) is 6.06. The molecule has 1 atom stereocenters. The number of thiophene rings is 1. The van der Waals surface area contributed by atoms with Crippen molar-refractivity contribution in [1.29, 1.82) is 0 Å². The Morgan fingerprint density at radius 3 is 2.45 bits per heavy atom. The Hall–Kier alpha value is -1.86. The third-order valence-corrected chi connectivity index (χ3v) is 3.56. The summed E-state index contributed by atoms with van der Waals surface area (Å²) in [5.74, 6) is -5.09. The predicted molar refractivity (Wildman–Crippen MR) is 69.4 cm³/mol. The number of nitrogens with one attached hydrogen (secondary N) is 1. The highest BCUT2D eigenvalue weighted by Gasteiger charge is 2.21. The fourth-order valence-electron chi connectivity index (χ4n) is 1.74. The smallest absolute Gasteiger partial charge is 0.239 e. The fourth-order valence-corrected chi connectivity index (χ4v) is 2.40. The molecule has 1 aromatic heterocycles. The summed E-state index contributed by atoms with van der Waals surface area (Å²) in [7, 11) is 0. The molecule has 0 saturated carbocycles. The average molecular weight is 300 g/mol. The first kappa shape index (κ1) is 14.5. The predicted octanol–water partition coefficient (Wildman–Crippen LogP) is 2.48. The maximum absolute atomic E-state index is 13.2. The topological polar surface area (TPSA) is 55.1 Å². The number of rotatable bonds is 5.